The number of piperazine rings is 1. The molecule has 1 aromatic carbocycles. The van der Waals surface area contributed by atoms with Crippen molar-refractivity contribution >= 4 is 5.69 Å². The summed E-state index contributed by atoms with van der Waals surface area (Å²) in [5.74, 6) is 1.26. The quantitative estimate of drug-likeness (QED) is 0.841. The van der Waals surface area contributed by atoms with Gasteiger partial charge >= 0.3 is 0 Å². The highest BCUT2D eigenvalue weighted by Crippen LogP contribution is 2.19. The van der Waals surface area contributed by atoms with E-state index >= 15 is 0 Å². The number of aromatic nitrogens is 2. The van der Waals surface area contributed by atoms with Crippen LogP contribution in [0.25, 0.3) is 0 Å². The minimum absolute atomic E-state index is 0.390. The standard InChI is InChI=1S/C16H22N4O2/c1-13-10-20(14-6-4-3-5-7-14)9-8-19(13)11-16-17-15(12-21-2)18-22-16/h3-7,13H,8-12H2,1-2H3. The largest absolute Gasteiger partial charge is 0.377 e. The van der Waals surface area contributed by atoms with E-state index in [1.54, 1.807) is 7.11 Å². The Bertz CT molecular complexity index is 587. The first-order valence-corrected chi connectivity index (χ1v) is 7.60. The zero-order valence-corrected chi connectivity index (χ0v) is 13.1. The number of hydrogen-bond donors (Lipinski definition) is 0. The van der Waals surface area contributed by atoms with E-state index in [2.05, 4.69) is 57.2 Å². The Labute approximate surface area is 130 Å². The molecule has 22 heavy (non-hydrogen) atoms. The van der Waals surface area contributed by atoms with E-state index in [1.165, 1.54) is 5.69 Å². The molecule has 2 heterocycles. The highest BCUT2D eigenvalue weighted by molar-refractivity contribution is 5.46. The number of nitrogens with zero attached hydrogens (tertiary/aromatic N) is 4. The Hall–Kier alpha value is -1.92. The lowest BCUT2D eigenvalue weighted by molar-refractivity contribution is 0.158. The number of benzene rings is 1. The molecule has 6 nitrogen and oxygen atoms in total. The maximum Gasteiger partial charge on any atom is 0.240 e. The average Bonchev–Trinajstić information content (AvgIpc) is 2.98. The molecule has 0 bridgehead atoms. The van der Waals surface area contributed by atoms with Gasteiger partial charge in [-0.3, -0.25) is 4.90 Å². The monoisotopic (exact) mass is 302 g/mol. The SMILES string of the molecule is COCc1noc(CN2CCN(c3ccccc3)CC2C)n1. The molecule has 2 aromatic rings. The van der Waals surface area contributed by atoms with Crippen molar-refractivity contribution in [1.29, 1.82) is 0 Å². The molecule has 1 aliphatic rings. The maximum atomic E-state index is 5.28. The summed E-state index contributed by atoms with van der Waals surface area (Å²) in [6.07, 6.45) is 0. The molecule has 3 rings (SSSR count). The second kappa shape index (κ2) is 6.89. The Kier molecular flexibility index (Phi) is 4.70. The molecule has 118 valence electrons. The van der Waals surface area contributed by atoms with Gasteiger partial charge in [0.05, 0.1) is 6.54 Å². The Morgan fingerprint density at radius 3 is 2.82 bits per heavy atom. The molecule has 1 fully saturated rings. The molecule has 1 aliphatic heterocycles. The van der Waals surface area contributed by atoms with Crippen LogP contribution in [0.15, 0.2) is 34.9 Å². The predicted octanol–water partition coefficient (Wildman–Crippen LogP) is 1.93. The Morgan fingerprint density at radius 1 is 1.27 bits per heavy atom. The van der Waals surface area contributed by atoms with E-state index in [1.807, 2.05) is 0 Å². The summed E-state index contributed by atoms with van der Waals surface area (Å²) in [7, 11) is 1.63. The number of anilines is 1. The van der Waals surface area contributed by atoms with Gasteiger partial charge in [-0.25, -0.2) is 0 Å². The van der Waals surface area contributed by atoms with Gasteiger partial charge in [-0.05, 0) is 19.1 Å². The third-order valence-electron chi connectivity index (χ3n) is 4.01. The first kappa shape index (κ1) is 15.0. The van der Waals surface area contributed by atoms with Crippen molar-refractivity contribution in [3.8, 4) is 0 Å². The van der Waals surface area contributed by atoms with Crippen LogP contribution in [-0.4, -0.2) is 47.8 Å². The molecule has 1 atom stereocenters. The summed E-state index contributed by atoms with van der Waals surface area (Å²) >= 11 is 0. The summed E-state index contributed by atoms with van der Waals surface area (Å²) in [4.78, 5) is 9.15. The molecular formula is C16H22N4O2. The van der Waals surface area contributed by atoms with E-state index in [0.29, 0.717) is 30.9 Å². The van der Waals surface area contributed by atoms with Crippen LogP contribution in [0.4, 0.5) is 5.69 Å². The van der Waals surface area contributed by atoms with Gasteiger partial charge in [-0.15, -0.1) is 0 Å². The normalized spacial score (nSPS) is 19.5. The summed E-state index contributed by atoms with van der Waals surface area (Å²) < 4.78 is 10.3. The van der Waals surface area contributed by atoms with E-state index in [4.69, 9.17) is 9.26 Å². The first-order valence-electron chi connectivity index (χ1n) is 7.60. The minimum atomic E-state index is 0.390. The smallest absolute Gasteiger partial charge is 0.240 e. The molecule has 0 aliphatic carbocycles. The number of rotatable bonds is 5. The van der Waals surface area contributed by atoms with Crippen molar-refractivity contribution in [2.24, 2.45) is 0 Å². The molecule has 0 spiro atoms. The fourth-order valence-electron chi connectivity index (χ4n) is 2.82. The second-order valence-electron chi connectivity index (χ2n) is 5.64. The van der Waals surface area contributed by atoms with Gasteiger partial charge < -0.3 is 14.2 Å². The van der Waals surface area contributed by atoms with E-state index in [-0.39, 0.29) is 0 Å². The lowest BCUT2D eigenvalue weighted by atomic mass is 10.1. The van der Waals surface area contributed by atoms with Crippen LogP contribution in [-0.2, 0) is 17.9 Å². The molecule has 0 amide bonds. The molecule has 0 saturated carbocycles. The van der Waals surface area contributed by atoms with Gasteiger partial charge in [0.15, 0.2) is 5.82 Å². The molecule has 1 unspecified atom stereocenters. The summed E-state index contributed by atoms with van der Waals surface area (Å²) in [5, 5.41) is 3.91. The van der Waals surface area contributed by atoms with Gasteiger partial charge in [-0.1, -0.05) is 23.4 Å². The summed E-state index contributed by atoms with van der Waals surface area (Å²) in [5.41, 5.74) is 1.29. The summed E-state index contributed by atoms with van der Waals surface area (Å²) in [6, 6.07) is 11.0. The fraction of sp³-hybridized carbons (Fsp3) is 0.500. The van der Waals surface area contributed by atoms with Gasteiger partial charge in [0.25, 0.3) is 0 Å². The topological polar surface area (TPSA) is 54.6 Å². The fourth-order valence-corrected chi connectivity index (χ4v) is 2.82. The zero-order chi connectivity index (χ0) is 15.4. The number of hydrogen-bond acceptors (Lipinski definition) is 6. The Balaban J connectivity index is 1.58. The predicted molar refractivity (Wildman–Crippen MR) is 83.5 cm³/mol. The number of methoxy groups -OCH3 is 1. The van der Waals surface area contributed by atoms with Crippen LogP contribution < -0.4 is 4.90 Å². The van der Waals surface area contributed by atoms with Crippen molar-refractivity contribution in [3.05, 3.63) is 42.0 Å². The highest BCUT2D eigenvalue weighted by Gasteiger charge is 2.25. The summed E-state index contributed by atoms with van der Waals surface area (Å²) in [6.45, 7) is 6.32. The first-order chi connectivity index (χ1) is 10.8. The van der Waals surface area contributed by atoms with E-state index in [0.717, 1.165) is 19.6 Å². The van der Waals surface area contributed by atoms with Gasteiger partial charge in [0, 0.05) is 38.5 Å². The van der Waals surface area contributed by atoms with Crippen LogP contribution in [0.5, 0.6) is 0 Å². The minimum Gasteiger partial charge on any atom is -0.377 e. The van der Waals surface area contributed by atoms with Crippen LogP contribution in [0.3, 0.4) is 0 Å². The molecule has 1 aromatic heterocycles. The van der Waals surface area contributed by atoms with E-state index < -0.39 is 0 Å². The molecular weight excluding hydrogens is 280 g/mol. The van der Waals surface area contributed by atoms with Gasteiger partial charge in [-0.2, -0.15) is 4.98 Å². The highest BCUT2D eigenvalue weighted by atomic mass is 16.5. The van der Waals surface area contributed by atoms with Crippen molar-refractivity contribution in [2.45, 2.75) is 26.1 Å². The van der Waals surface area contributed by atoms with Crippen molar-refractivity contribution in [2.75, 3.05) is 31.6 Å². The second-order valence-corrected chi connectivity index (χ2v) is 5.64. The molecule has 6 heteroatoms. The number of ether oxygens (including phenoxy) is 1. The van der Waals surface area contributed by atoms with Gasteiger partial charge in [0.2, 0.25) is 5.89 Å². The van der Waals surface area contributed by atoms with E-state index in [9.17, 15) is 0 Å². The van der Waals surface area contributed by atoms with Crippen molar-refractivity contribution in [3.63, 3.8) is 0 Å². The molecule has 0 N–H and O–H groups in total. The number of para-hydroxylation sites is 1. The zero-order valence-electron chi connectivity index (χ0n) is 13.1. The van der Waals surface area contributed by atoms with Crippen LogP contribution in [0.2, 0.25) is 0 Å². The molecule has 1 saturated heterocycles. The molecule has 0 radical (unpaired) electrons. The average molecular weight is 302 g/mol. The van der Waals surface area contributed by atoms with Crippen LogP contribution >= 0.6 is 0 Å². The Morgan fingerprint density at radius 2 is 2.09 bits per heavy atom. The third kappa shape index (κ3) is 3.45. The van der Waals surface area contributed by atoms with Crippen molar-refractivity contribution in [1.82, 2.24) is 15.0 Å². The lowest BCUT2D eigenvalue weighted by Crippen LogP contribution is -2.51. The maximum absolute atomic E-state index is 5.28. The lowest BCUT2D eigenvalue weighted by Gasteiger charge is -2.40. The van der Waals surface area contributed by atoms with Crippen LogP contribution in [0.1, 0.15) is 18.6 Å². The van der Waals surface area contributed by atoms with Crippen molar-refractivity contribution < 1.29 is 9.26 Å². The third-order valence-corrected chi connectivity index (χ3v) is 4.01. The van der Waals surface area contributed by atoms with Crippen LogP contribution in [0, 0.1) is 0 Å². The van der Waals surface area contributed by atoms with Gasteiger partial charge in [0.1, 0.15) is 6.61 Å².